The van der Waals surface area contributed by atoms with Gasteiger partial charge in [0.05, 0.1) is 11.3 Å². The molecule has 4 rings (SSSR count). The number of aromatic amines is 1. The van der Waals surface area contributed by atoms with E-state index < -0.39 is 11.7 Å². The Morgan fingerprint density at radius 1 is 0.680 bits per heavy atom. The van der Waals surface area contributed by atoms with E-state index in [1.807, 2.05) is 60.7 Å². The number of halogens is 3. The van der Waals surface area contributed by atoms with Gasteiger partial charge in [0.1, 0.15) is 0 Å². The second-order valence-electron chi connectivity index (χ2n) is 5.87. The van der Waals surface area contributed by atoms with Gasteiger partial charge in [-0.2, -0.15) is 13.2 Å². The van der Waals surface area contributed by atoms with Crippen molar-refractivity contribution in [1.82, 2.24) is 4.98 Å². The third kappa shape index (κ3) is 2.80. The van der Waals surface area contributed by atoms with Crippen molar-refractivity contribution in [2.45, 2.75) is 6.18 Å². The van der Waals surface area contributed by atoms with Gasteiger partial charge in [-0.05, 0) is 29.3 Å². The molecule has 0 amide bonds. The predicted molar refractivity (Wildman–Crippen MR) is 94.2 cm³/mol. The highest BCUT2D eigenvalue weighted by atomic mass is 19.4. The second kappa shape index (κ2) is 5.81. The molecule has 3 aromatic carbocycles. The number of aromatic nitrogens is 1. The average Bonchev–Trinajstić information content (AvgIpc) is 3.01. The molecule has 1 heterocycles. The molecule has 0 unspecified atom stereocenters. The smallest absolute Gasteiger partial charge is 0.354 e. The average molecular weight is 337 g/mol. The van der Waals surface area contributed by atoms with Crippen LogP contribution in [0.25, 0.3) is 33.3 Å². The number of hydrogen-bond donors (Lipinski definition) is 1. The summed E-state index contributed by atoms with van der Waals surface area (Å²) in [5.74, 6) is 0. The SMILES string of the molecule is FC(F)(F)c1ccc2[nH]c(-c3ccccc3)c(-c3ccccc3)c2c1. The summed E-state index contributed by atoms with van der Waals surface area (Å²) in [5, 5.41) is 0.569. The molecule has 0 radical (unpaired) electrons. The molecule has 0 aliphatic heterocycles. The lowest BCUT2D eigenvalue weighted by molar-refractivity contribution is -0.137. The summed E-state index contributed by atoms with van der Waals surface area (Å²) in [4.78, 5) is 3.29. The van der Waals surface area contributed by atoms with E-state index in [4.69, 9.17) is 0 Å². The molecule has 25 heavy (non-hydrogen) atoms. The van der Waals surface area contributed by atoms with E-state index in [1.165, 1.54) is 12.1 Å². The van der Waals surface area contributed by atoms with Gasteiger partial charge in [-0.15, -0.1) is 0 Å². The van der Waals surface area contributed by atoms with Crippen molar-refractivity contribution >= 4 is 10.9 Å². The summed E-state index contributed by atoms with van der Waals surface area (Å²) in [5.41, 5.74) is 3.47. The molecule has 0 aliphatic carbocycles. The van der Waals surface area contributed by atoms with Crippen LogP contribution in [0.2, 0.25) is 0 Å². The molecule has 1 aromatic heterocycles. The normalized spacial score (nSPS) is 11.8. The lowest BCUT2D eigenvalue weighted by Gasteiger charge is -2.08. The molecule has 1 N–H and O–H groups in total. The monoisotopic (exact) mass is 337 g/mol. The zero-order chi connectivity index (χ0) is 17.4. The van der Waals surface area contributed by atoms with Gasteiger partial charge in [0, 0.05) is 16.5 Å². The molecule has 1 nitrogen and oxygen atoms in total. The summed E-state index contributed by atoms with van der Waals surface area (Å²) in [7, 11) is 0. The maximum absolute atomic E-state index is 13.2. The molecule has 0 bridgehead atoms. The van der Waals surface area contributed by atoms with Gasteiger partial charge in [-0.3, -0.25) is 0 Å². The van der Waals surface area contributed by atoms with Crippen LogP contribution >= 0.6 is 0 Å². The van der Waals surface area contributed by atoms with Crippen molar-refractivity contribution in [2.75, 3.05) is 0 Å². The van der Waals surface area contributed by atoms with Gasteiger partial charge in [0.15, 0.2) is 0 Å². The molecule has 124 valence electrons. The van der Waals surface area contributed by atoms with Crippen LogP contribution in [0.4, 0.5) is 13.2 Å². The summed E-state index contributed by atoms with van der Waals surface area (Å²) in [6.07, 6.45) is -4.37. The molecular weight excluding hydrogens is 323 g/mol. The largest absolute Gasteiger partial charge is 0.416 e. The highest BCUT2D eigenvalue weighted by Crippen LogP contribution is 2.40. The lowest BCUT2D eigenvalue weighted by Crippen LogP contribution is -2.04. The van der Waals surface area contributed by atoms with Crippen molar-refractivity contribution in [3.05, 3.63) is 84.4 Å². The van der Waals surface area contributed by atoms with Crippen LogP contribution < -0.4 is 0 Å². The van der Waals surface area contributed by atoms with Crippen molar-refractivity contribution in [3.8, 4) is 22.4 Å². The molecule has 0 fully saturated rings. The second-order valence-corrected chi connectivity index (χ2v) is 5.87. The summed E-state index contributed by atoms with van der Waals surface area (Å²) in [6.45, 7) is 0. The quantitative estimate of drug-likeness (QED) is 0.428. The first-order valence-electron chi connectivity index (χ1n) is 7.88. The Morgan fingerprint density at radius 3 is 1.88 bits per heavy atom. The Hall–Kier alpha value is -3.01. The minimum Gasteiger partial charge on any atom is -0.354 e. The van der Waals surface area contributed by atoms with Crippen LogP contribution in [0, 0.1) is 0 Å². The maximum atomic E-state index is 13.2. The molecule has 0 atom stereocenters. The number of nitrogens with one attached hydrogen (secondary N) is 1. The van der Waals surface area contributed by atoms with Crippen molar-refractivity contribution < 1.29 is 13.2 Å². The van der Waals surface area contributed by atoms with Crippen LogP contribution in [-0.4, -0.2) is 4.98 Å². The van der Waals surface area contributed by atoms with E-state index in [0.29, 0.717) is 10.9 Å². The van der Waals surface area contributed by atoms with Crippen LogP contribution in [0.15, 0.2) is 78.9 Å². The van der Waals surface area contributed by atoms with Crippen molar-refractivity contribution in [1.29, 1.82) is 0 Å². The standard InChI is InChI=1S/C21H14F3N/c22-21(23,24)16-11-12-18-17(13-16)19(14-7-3-1-4-8-14)20(25-18)15-9-5-2-6-10-15/h1-13,25H. The highest BCUT2D eigenvalue weighted by molar-refractivity contribution is 6.04. The Bertz CT molecular complexity index is 1020. The highest BCUT2D eigenvalue weighted by Gasteiger charge is 2.31. The number of H-pyrrole nitrogens is 1. The summed E-state index contributed by atoms with van der Waals surface area (Å²) >= 11 is 0. The van der Waals surface area contributed by atoms with E-state index in [1.54, 1.807) is 0 Å². The van der Waals surface area contributed by atoms with E-state index in [0.717, 1.165) is 28.5 Å². The third-order valence-corrected chi connectivity index (χ3v) is 4.25. The minimum absolute atomic E-state index is 0.569. The van der Waals surface area contributed by atoms with Crippen molar-refractivity contribution in [2.24, 2.45) is 0 Å². The summed E-state index contributed by atoms with van der Waals surface area (Å²) < 4.78 is 39.5. The van der Waals surface area contributed by atoms with Gasteiger partial charge in [0.25, 0.3) is 0 Å². The van der Waals surface area contributed by atoms with E-state index >= 15 is 0 Å². The zero-order valence-electron chi connectivity index (χ0n) is 13.1. The summed E-state index contributed by atoms with van der Waals surface area (Å²) in [6, 6.07) is 23.0. The van der Waals surface area contributed by atoms with Gasteiger partial charge in [-0.25, -0.2) is 0 Å². The topological polar surface area (TPSA) is 15.8 Å². The fourth-order valence-electron chi connectivity index (χ4n) is 3.09. The number of rotatable bonds is 2. The molecule has 0 saturated heterocycles. The zero-order valence-corrected chi connectivity index (χ0v) is 13.1. The van der Waals surface area contributed by atoms with Gasteiger partial charge in [0.2, 0.25) is 0 Å². The maximum Gasteiger partial charge on any atom is 0.416 e. The Balaban J connectivity index is 2.05. The van der Waals surface area contributed by atoms with Crippen LogP contribution in [0.1, 0.15) is 5.56 Å². The molecule has 0 aliphatic rings. The lowest BCUT2D eigenvalue weighted by atomic mass is 9.97. The van der Waals surface area contributed by atoms with Gasteiger partial charge >= 0.3 is 6.18 Å². The van der Waals surface area contributed by atoms with Gasteiger partial charge < -0.3 is 4.98 Å². The first-order chi connectivity index (χ1) is 12.0. The third-order valence-electron chi connectivity index (χ3n) is 4.25. The van der Waals surface area contributed by atoms with Crippen LogP contribution in [0.3, 0.4) is 0 Å². The first-order valence-corrected chi connectivity index (χ1v) is 7.88. The molecule has 0 saturated carbocycles. The van der Waals surface area contributed by atoms with Crippen LogP contribution in [0.5, 0.6) is 0 Å². The molecule has 4 heteroatoms. The van der Waals surface area contributed by atoms with E-state index in [9.17, 15) is 13.2 Å². The van der Waals surface area contributed by atoms with E-state index in [2.05, 4.69) is 4.98 Å². The minimum atomic E-state index is -4.37. The Kier molecular flexibility index (Phi) is 3.61. The molecule has 0 spiro atoms. The Labute approximate surface area is 142 Å². The fourth-order valence-corrected chi connectivity index (χ4v) is 3.09. The fraction of sp³-hybridized carbons (Fsp3) is 0.0476. The molecule has 4 aromatic rings. The first kappa shape index (κ1) is 15.5. The Morgan fingerprint density at radius 2 is 1.28 bits per heavy atom. The van der Waals surface area contributed by atoms with Gasteiger partial charge in [-0.1, -0.05) is 60.7 Å². The number of fused-ring (bicyclic) bond motifs is 1. The molecular formula is C21H14F3N. The predicted octanol–water partition coefficient (Wildman–Crippen LogP) is 6.52. The number of alkyl halides is 3. The number of hydrogen-bond acceptors (Lipinski definition) is 0. The number of benzene rings is 3. The van der Waals surface area contributed by atoms with Crippen molar-refractivity contribution in [3.63, 3.8) is 0 Å². The van der Waals surface area contributed by atoms with E-state index in [-0.39, 0.29) is 0 Å². The van der Waals surface area contributed by atoms with Crippen LogP contribution in [-0.2, 0) is 6.18 Å².